The number of rotatable bonds is 9. The summed E-state index contributed by atoms with van der Waals surface area (Å²) in [7, 11) is 0. The molecule has 0 bridgehead atoms. The molecule has 2 aromatic carbocycles. The molecule has 0 amide bonds. The van der Waals surface area contributed by atoms with Gasteiger partial charge in [0.05, 0.1) is 17.8 Å². The summed E-state index contributed by atoms with van der Waals surface area (Å²) in [5, 5.41) is 1.12. The quantitative estimate of drug-likeness (QED) is 0.546. The van der Waals surface area contributed by atoms with E-state index in [2.05, 4.69) is 35.1 Å². The molecule has 0 aliphatic carbocycles. The minimum absolute atomic E-state index is 0.368. The third-order valence-corrected chi connectivity index (χ3v) is 4.52. The summed E-state index contributed by atoms with van der Waals surface area (Å²) in [5.74, 6) is 1.34. The average molecular weight is 349 g/mol. The molecule has 0 saturated carbocycles. The molecule has 26 heavy (non-hydrogen) atoms. The number of benzene rings is 2. The summed E-state index contributed by atoms with van der Waals surface area (Å²) in [4.78, 5) is 8.73. The second-order valence-electron chi connectivity index (χ2n) is 6.73. The highest BCUT2D eigenvalue weighted by Gasteiger charge is 2.05. The van der Waals surface area contributed by atoms with Crippen LogP contribution in [0.1, 0.15) is 43.4 Å². The van der Waals surface area contributed by atoms with E-state index in [0.717, 1.165) is 48.2 Å². The third-order valence-electron chi connectivity index (χ3n) is 4.52. The van der Waals surface area contributed by atoms with Gasteiger partial charge in [-0.25, -0.2) is 9.97 Å². The van der Waals surface area contributed by atoms with Crippen LogP contribution in [0.5, 0.6) is 5.75 Å². The lowest BCUT2D eigenvalue weighted by molar-refractivity contribution is 0.304. The minimum atomic E-state index is 0.368. The second-order valence-corrected chi connectivity index (χ2v) is 6.73. The van der Waals surface area contributed by atoms with Crippen molar-refractivity contribution in [3.05, 3.63) is 59.8 Å². The van der Waals surface area contributed by atoms with E-state index in [9.17, 15) is 0 Å². The topological polar surface area (TPSA) is 61.0 Å². The molecule has 0 fully saturated rings. The van der Waals surface area contributed by atoms with Gasteiger partial charge in [-0.05, 0) is 49.9 Å². The maximum atomic E-state index is 5.83. The number of nitrogens with two attached hydrogens (primary N) is 1. The maximum Gasteiger partial charge on any atom is 0.220 e. The van der Waals surface area contributed by atoms with Gasteiger partial charge < -0.3 is 10.5 Å². The van der Waals surface area contributed by atoms with Gasteiger partial charge in [-0.3, -0.25) is 0 Å². The van der Waals surface area contributed by atoms with Gasteiger partial charge in [0.15, 0.2) is 0 Å². The van der Waals surface area contributed by atoms with E-state index >= 15 is 0 Å². The Labute approximate surface area is 155 Å². The fourth-order valence-electron chi connectivity index (χ4n) is 3.17. The Morgan fingerprint density at radius 1 is 0.885 bits per heavy atom. The number of unbranched alkanes of at least 4 members (excludes halogenated alkanes) is 4. The molecule has 3 aromatic rings. The number of nitrogens with zero attached hydrogens (tertiary/aromatic N) is 2. The Morgan fingerprint density at radius 3 is 2.58 bits per heavy atom. The predicted molar refractivity (Wildman–Crippen MR) is 107 cm³/mol. The molecule has 1 aromatic heterocycles. The number of ether oxygens (including phenoxy) is 1. The van der Waals surface area contributed by atoms with E-state index in [4.69, 9.17) is 10.5 Å². The van der Waals surface area contributed by atoms with Gasteiger partial charge >= 0.3 is 0 Å². The molecule has 1 heterocycles. The summed E-state index contributed by atoms with van der Waals surface area (Å²) in [6.07, 6.45) is 6.78. The van der Waals surface area contributed by atoms with Crippen LogP contribution < -0.4 is 10.5 Å². The van der Waals surface area contributed by atoms with Crippen molar-refractivity contribution in [2.45, 2.75) is 45.4 Å². The van der Waals surface area contributed by atoms with Gasteiger partial charge in [0.1, 0.15) is 5.75 Å². The molecular weight excluding hydrogens is 322 g/mol. The highest BCUT2D eigenvalue weighted by molar-refractivity contribution is 5.81. The number of para-hydroxylation sites is 1. The van der Waals surface area contributed by atoms with E-state index in [1.165, 1.54) is 24.8 Å². The van der Waals surface area contributed by atoms with E-state index < -0.39 is 0 Å². The van der Waals surface area contributed by atoms with Gasteiger partial charge in [0.2, 0.25) is 5.95 Å². The smallest absolute Gasteiger partial charge is 0.220 e. The Kier molecular flexibility index (Phi) is 6.42. The Bertz CT molecular complexity index is 848. The molecule has 0 radical (unpaired) electrons. The summed E-state index contributed by atoms with van der Waals surface area (Å²) in [6.45, 7) is 2.87. The molecule has 4 heteroatoms. The van der Waals surface area contributed by atoms with Gasteiger partial charge in [-0.1, -0.05) is 49.6 Å². The molecule has 136 valence electrons. The number of hydrogen-bond donors (Lipinski definition) is 1. The fourth-order valence-corrected chi connectivity index (χ4v) is 3.17. The van der Waals surface area contributed by atoms with E-state index in [1.54, 1.807) is 0 Å². The van der Waals surface area contributed by atoms with Crippen LogP contribution in [0.4, 0.5) is 5.95 Å². The van der Waals surface area contributed by atoms with Crippen LogP contribution in [0.2, 0.25) is 0 Å². The Balaban J connectivity index is 1.35. The lowest BCUT2D eigenvalue weighted by atomic mass is 10.1. The number of aryl methyl sites for hydroxylation is 2. The average Bonchev–Trinajstić information content (AvgIpc) is 2.63. The number of anilines is 1. The van der Waals surface area contributed by atoms with Gasteiger partial charge in [-0.15, -0.1) is 0 Å². The molecule has 0 saturated heterocycles. The minimum Gasteiger partial charge on any atom is -0.494 e. The zero-order chi connectivity index (χ0) is 18.2. The molecule has 0 aliphatic heterocycles. The molecule has 3 rings (SSSR count). The summed E-state index contributed by atoms with van der Waals surface area (Å²) < 4.78 is 5.79. The van der Waals surface area contributed by atoms with Gasteiger partial charge in [-0.2, -0.15) is 0 Å². The molecule has 0 spiro atoms. The van der Waals surface area contributed by atoms with Crippen LogP contribution >= 0.6 is 0 Å². The number of aromatic nitrogens is 2. The van der Waals surface area contributed by atoms with Crippen molar-refractivity contribution in [1.82, 2.24) is 9.97 Å². The normalized spacial score (nSPS) is 11.0. The van der Waals surface area contributed by atoms with Crippen molar-refractivity contribution in [2.75, 3.05) is 12.3 Å². The fraction of sp³-hybridized carbons (Fsp3) is 0.364. The van der Waals surface area contributed by atoms with E-state index in [0.29, 0.717) is 5.95 Å². The molecule has 0 atom stereocenters. The standard InChI is InChI=1S/C22H27N3O/c1-17-10-9-11-18(16-17)26-15-8-4-2-3-5-13-20-19-12-6-7-14-21(19)25-22(23)24-20/h6-7,9-12,14,16H,2-5,8,13,15H2,1H3,(H2,23,24,25). The maximum absolute atomic E-state index is 5.83. The zero-order valence-electron chi connectivity index (χ0n) is 15.4. The largest absolute Gasteiger partial charge is 0.494 e. The first-order chi connectivity index (χ1) is 12.7. The highest BCUT2D eigenvalue weighted by atomic mass is 16.5. The first kappa shape index (κ1) is 18.2. The predicted octanol–water partition coefficient (Wildman–Crippen LogP) is 5.09. The zero-order valence-corrected chi connectivity index (χ0v) is 15.4. The van der Waals surface area contributed by atoms with Crippen LogP contribution in [0.25, 0.3) is 10.9 Å². The number of fused-ring (bicyclic) bond motifs is 1. The first-order valence-corrected chi connectivity index (χ1v) is 9.43. The Morgan fingerprint density at radius 2 is 1.69 bits per heavy atom. The first-order valence-electron chi connectivity index (χ1n) is 9.43. The number of hydrogen-bond acceptors (Lipinski definition) is 4. The van der Waals surface area contributed by atoms with Crippen LogP contribution in [0.3, 0.4) is 0 Å². The van der Waals surface area contributed by atoms with Gasteiger partial charge in [0.25, 0.3) is 0 Å². The summed E-state index contributed by atoms with van der Waals surface area (Å²) in [5.41, 5.74) is 9.07. The molecule has 0 unspecified atom stereocenters. The molecule has 0 aliphatic rings. The number of nitrogen functional groups attached to an aromatic ring is 1. The van der Waals surface area contributed by atoms with Crippen molar-refractivity contribution in [2.24, 2.45) is 0 Å². The van der Waals surface area contributed by atoms with Crippen molar-refractivity contribution in [1.29, 1.82) is 0 Å². The van der Waals surface area contributed by atoms with Gasteiger partial charge in [0, 0.05) is 5.39 Å². The lowest BCUT2D eigenvalue weighted by Crippen LogP contribution is -2.01. The molecule has 4 nitrogen and oxygen atoms in total. The molecule has 2 N–H and O–H groups in total. The van der Waals surface area contributed by atoms with Crippen LogP contribution in [-0.2, 0) is 6.42 Å². The van der Waals surface area contributed by atoms with Crippen molar-refractivity contribution >= 4 is 16.9 Å². The van der Waals surface area contributed by atoms with Crippen molar-refractivity contribution in [3.8, 4) is 5.75 Å². The highest BCUT2D eigenvalue weighted by Crippen LogP contribution is 2.19. The summed E-state index contributed by atoms with van der Waals surface area (Å²) in [6, 6.07) is 16.3. The monoisotopic (exact) mass is 349 g/mol. The van der Waals surface area contributed by atoms with Crippen LogP contribution in [-0.4, -0.2) is 16.6 Å². The van der Waals surface area contributed by atoms with Crippen LogP contribution in [0.15, 0.2) is 48.5 Å². The van der Waals surface area contributed by atoms with E-state index in [1.807, 2.05) is 30.3 Å². The van der Waals surface area contributed by atoms with Crippen molar-refractivity contribution in [3.63, 3.8) is 0 Å². The lowest BCUT2D eigenvalue weighted by Gasteiger charge is -2.08. The second kappa shape index (κ2) is 9.18. The third kappa shape index (κ3) is 5.19. The Hall–Kier alpha value is -2.62. The molecular formula is C22H27N3O. The van der Waals surface area contributed by atoms with Crippen LogP contribution in [0, 0.1) is 6.92 Å². The summed E-state index contributed by atoms with van der Waals surface area (Å²) >= 11 is 0. The SMILES string of the molecule is Cc1cccc(OCCCCCCCc2nc(N)nc3ccccc23)c1. The van der Waals surface area contributed by atoms with E-state index in [-0.39, 0.29) is 0 Å². The van der Waals surface area contributed by atoms with Crippen molar-refractivity contribution < 1.29 is 4.74 Å².